The number of thioether (sulfide) groups is 1. The summed E-state index contributed by atoms with van der Waals surface area (Å²) in [4.78, 5) is 19.4. The van der Waals surface area contributed by atoms with E-state index >= 15 is 0 Å². The number of piperidine rings is 1. The van der Waals surface area contributed by atoms with Crippen molar-refractivity contribution in [1.82, 2.24) is 20.1 Å². The molecule has 4 rings (SSSR count). The van der Waals surface area contributed by atoms with Crippen molar-refractivity contribution in [3.8, 4) is 11.4 Å². The Morgan fingerprint density at radius 2 is 1.96 bits per heavy atom. The first kappa shape index (κ1) is 16.6. The number of fused-ring (bicyclic) bond motifs is 1. The SMILES string of the molecule is O=C(CSc1n[nH]c(-c2ccccc2)n1)N1CCC[C@H]2CCCC[C@H]21. The van der Waals surface area contributed by atoms with Gasteiger partial charge in [-0.1, -0.05) is 54.9 Å². The summed E-state index contributed by atoms with van der Waals surface area (Å²) in [6, 6.07) is 10.4. The molecule has 5 nitrogen and oxygen atoms in total. The first-order valence-corrected chi connectivity index (χ1v) is 10.2. The summed E-state index contributed by atoms with van der Waals surface area (Å²) in [6.07, 6.45) is 7.51. The summed E-state index contributed by atoms with van der Waals surface area (Å²) in [5, 5.41) is 7.85. The van der Waals surface area contributed by atoms with Gasteiger partial charge in [-0.3, -0.25) is 9.89 Å². The highest BCUT2D eigenvalue weighted by Gasteiger charge is 2.35. The summed E-state index contributed by atoms with van der Waals surface area (Å²) in [6.45, 7) is 0.920. The number of amides is 1. The highest BCUT2D eigenvalue weighted by molar-refractivity contribution is 7.99. The van der Waals surface area contributed by atoms with Gasteiger partial charge in [-0.2, -0.15) is 0 Å². The Balaban J connectivity index is 1.36. The predicted molar refractivity (Wildman–Crippen MR) is 99.2 cm³/mol. The van der Waals surface area contributed by atoms with Crippen LogP contribution in [0, 0.1) is 5.92 Å². The Morgan fingerprint density at radius 3 is 2.84 bits per heavy atom. The van der Waals surface area contributed by atoms with Gasteiger partial charge in [0.2, 0.25) is 11.1 Å². The third-order valence-corrected chi connectivity index (χ3v) is 6.23. The molecular weight excluding hydrogens is 332 g/mol. The van der Waals surface area contributed by atoms with Crippen molar-refractivity contribution in [1.29, 1.82) is 0 Å². The largest absolute Gasteiger partial charge is 0.339 e. The molecule has 2 heterocycles. The molecule has 1 aliphatic heterocycles. The Hall–Kier alpha value is -1.82. The molecule has 2 aromatic rings. The van der Waals surface area contributed by atoms with Crippen LogP contribution in [0.3, 0.4) is 0 Å². The predicted octanol–water partition coefficient (Wildman–Crippen LogP) is 3.75. The van der Waals surface area contributed by atoms with Gasteiger partial charge in [0.25, 0.3) is 0 Å². The minimum absolute atomic E-state index is 0.243. The van der Waals surface area contributed by atoms with Crippen LogP contribution in [-0.2, 0) is 4.79 Å². The number of carbonyl (C=O) groups is 1. The maximum Gasteiger partial charge on any atom is 0.233 e. The Bertz CT molecular complexity index is 715. The molecule has 25 heavy (non-hydrogen) atoms. The molecule has 2 fully saturated rings. The van der Waals surface area contributed by atoms with Crippen molar-refractivity contribution in [3.63, 3.8) is 0 Å². The fourth-order valence-corrected chi connectivity index (χ4v) is 4.86. The number of hydrogen-bond donors (Lipinski definition) is 1. The van der Waals surface area contributed by atoms with Crippen LogP contribution in [0.4, 0.5) is 0 Å². The Morgan fingerprint density at radius 1 is 1.16 bits per heavy atom. The van der Waals surface area contributed by atoms with Gasteiger partial charge in [0.15, 0.2) is 5.82 Å². The monoisotopic (exact) mass is 356 g/mol. The maximum atomic E-state index is 12.7. The van der Waals surface area contributed by atoms with Crippen LogP contribution in [0.5, 0.6) is 0 Å². The van der Waals surface area contributed by atoms with Crippen LogP contribution >= 0.6 is 11.8 Å². The first-order valence-electron chi connectivity index (χ1n) is 9.21. The number of aromatic nitrogens is 3. The zero-order valence-electron chi connectivity index (χ0n) is 14.4. The molecule has 1 N–H and O–H groups in total. The average molecular weight is 356 g/mol. The summed E-state index contributed by atoms with van der Waals surface area (Å²) in [7, 11) is 0. The number of hydrogen-bond acceptors (Lipinski definition) is 4. The van der Waals surface area contributed by atoms with Gasteiger partial charge in [-0.15, -0.1) is 5.10 Å². The van der Waals surface area contributed by atoms with Crippen molar-refractivity contribution in [3.05, 3.63) is 30.3 Å². The summed E-state index contributed by atoms with van der Waals surface area (Å²) in [5.74, 6) is 2.15. The molecule has 0 spiro atoms. The molecule has 2 atom stereocenters. The second-order valence-corrected chi connectivity index (χ2v) is 7.91. The quantitative estimate of drug-likeness (QED) is 0.848. The number of H-pyrrole nitrogens is 1. The molecule has 132 valence electrons. The molecule has 1 amide bonds. The van der Waals surface area contributed by atoms with Gasteiger partial charge in [0.05, 0.1) is 5.75 Å². The van der Waals surface area contributed by atoms with Crippen LogP contribution in [-0.4, -0.2) is 44.3 Å². The smallest absolute Gasteiger partial charge is 0.233 e. The van der Waals surface area contributed by atoms with Crippen molar-refractivity contribution in [2.24, 2.45) is 5.92 Å². The molecule has 6 heteroatoms. The third-order valence-electron chi connectivity index (χ3n) is 5.40. The van der Waals surface area contributed by atoms with E-state index in [1.165, 1.54) is 43.9 Å². The highest BCUT2D eigenvalue weighted by atomic mass is 32.2. The molecule has 2 aliphatic rings. The second kappa shape index (κ2) is 7.60. The number of aromatic amines is 1. The molecule has 0 bridgehead atoms. The topological polar surface area (TPSA) is 61.9 Å². The van der Waals surface area contributed by atoms with E-state index in [1.54, 1.807) is 0 Å². The van der Waals surface area contributed by atoms with E-state index in [2.05, 4.69) is 20.1 Å². The molecule has 1 saturated carbocycles. The Labute approximate surface area is 152 Å². The molecule has 1 saturated heterocycles. The number of benzene rings is 1. The molecule has 1 aromatic carbocycles. The fraction of sp³-hybridized carbons (Fsp3) is 0.526. The van der Waals surface area contributed by atoms with E-state index in [0.29, 0.717) is 17.0 Å². The van der Waals surface area contributed by atoms with Crippen LogP contribution in [0.1, 0.15) is 38.5 Å². The fourth-order valence-electron chi connectivity index (χ4n) is 4.18. The van der Waals surface area contributed by atoms with Crippen molar-refractivity contribution < 1.29 is 4.79 Å². The van der Waals surface area contributed by atoms with Gasteiger partial charge < -0.3 is 4.90 Å². The lowest BCUT2D eigenvalue weighted by molar-refractivity contribution is -0.134. The van der Waals surface area contributed by atoms with Crippen molar-refractivity contribution in [2.45, 2.75) is 49.7 Å². The van der Waals surface area contributed by atoms with E-state index in [9.17, 15) is 4.79 Å². The lowest BCUT2D eigenvalue weighted by Crippen LogP contribution is -2.50. The van der Waals surface area contributed by atoms with Crippen LogP contribution in [0.15, 0.2) is 35.5 Å². The normalized spacial score (nSPS) is 23.3. The zero-order chi connectivity index (χ0) is 17.1. The Kier molecular flexibility index (Phi) is 5.06. The van der Waals surface area contributed by atoms with E-state index in [1.807, 2.05) is 30.3 Å². The van der Waals surface area contributed by atoms with E-state index in [-0.39, 0.29) is 5.91 Å². The number of nitrogens with one attached hydrogen (secondary N) is 1. The van der Waals surface area contributed by atoms with Gasteiger partial charge in [0, 0.05) is 18.2 Å². The minimum atomic E-state index is 0.243. The van der Waals surface area contributed by atoms with Crippen LogP contribution in [0.25, 0.3) is 11.4 Å². The summed E-state index contributed by atoms with van der Waals surface area (Å²) < 4.78 is 0. The lowest BCUT2D eigenvalue weighted by Gasteiger charge is -2.44. The molecular formula is C19H24N4OS. The standard InChI is InChI=1S/C19H24N4OS/c24-17(23-12-6-10-14-7-4-5-11-16(14)23)13-25-19-20-18(21-22-19)15-8-2-1-3-9-15/h1-3,8-9,14,16H,4-7,10-13H2,(H,20,21,22)/t14-,16-/m1/s1. The average Bonchev–Trinajstić information content (AvgIpc) is 3.15. The molecule has 1 aliphatic carbocycles. The van der Waals surface area contributed by atoms with Crippen LogP contribution < -0.4 is 0 Å². The zero-order valence-corrected chi connectivity index (χ0v) is 15.2. The van der Waals surface area contributed by atoms with Gasteiger partial charge in [0.1, 0.15) is 0 Å². The van der Waals surface area contributed by atoms with Crippen LogP contribution in [0.2, 0.25) is 0 Å². The lowest BCUT2D eigenvalue weighted by atomic mass is 9.78. The summed E-state index contributed by atoms with van der Waals surface area (Å²) >= 11 is 1.43. The van der Waals surface area contributed by atoms with Gasteiger partial charge in [-0.05, 0) is 31.6 Å². The molecule has 1 aromatic heterocycles. The van der Waals surface area contributed by atoms with E-state index in [4.69, 9.17) is 0 Å². The van der Waals surface area contributed by atoms with Gasteiger partial charge >= 0.3 is 0 Å². The van der Waals surface area contributed by atoms with Gasteiger partial charge in [-0.25, -0.2) is 4.98 Å². The second-order valence-electron chi connectivity index (χ2n) is 6.96. The highest BCUT2D eigenvalue weighted by Crippen LogP contribution is 2.35. The number of carbonyl (C=O) groups excluding carboxylic acids is 1. The first-order chi connectivity index (χ1) is 12.3. The van der Waals surface area contributed by atoms with Crippen molar-refractivity contribution in [2.75, 3.05) is 12.3 Å². The minimum Gasteiger partial charge on any atom is -0.339 e. The molecule has 0 radical (unpaired) electrons. The summed E-state index contributed by atoms with van der Waals surface area (Å²) in [5.41, 5.74) is 1.01. The van der Waals surface area contributed by atoms with Crippen molar-refractivity contribution >= 4 is 17.7 Å². The maximum absolute atomic E-state index is 12.7. The van der Waals surface area contributed by atoms with E-state index in [0.717, 1.165) is 30.3 Å². The third kappa shape index (κ3) is 3.73. The number of nitrogens with zero attached hydrogens (tertiary/aromatic N) is 3. The number of likely N-dealkylation sites (tertiary alicyclic amines) is 1. The number of rotatable bonds is 4. The molecule has 0 unspecified atom stereocenters. The van der Waals surface area contributed by atoms with E-state index < -0.39 is 0 Å².